The van der Waals surface area contributed by atoms with Gasteiger partial charge in [0, 0.05) is 11.6 Å². The molecule has 0 saturated carbocycles. The lowest BCUT2D eigenvalue weighted by molar-refractivity contribution is 0.301. The number of ether oxygens (including phenoxy) is 2. The molecule has 0 bridgehead atoms. The highest BCUT2D eigenvalue weighted by molar-refractivity contribution is 5.44. The van der Waals surface area contributed by atoms with Crippen molar-refractivity contribution in [3.8, 4) is 11.5 Å². The molecule has 16 heavy (non-hydrogen) atoms. The van der Waals surface area contributed by atoms with Gasteiger partial charge < -0.3 is 15.2 Å². The first-order valence-electron chi connectivity index (χ1n) is 5.96. The molecule has 2 N–H and O–H groups in total. The lowest BCUT2D eigenvalue weighted by Gasteiger charge is -2.07. The van der Waals surface area contributed by atoms with E-state index in [2.05, 4.69) is 6.92 Å². The summed E-state index contributed by atoms with van der Waals surface area (Å²) < 4.78 is 11.1. The van der Waals surface area contributed by atoms with E-state index in [1.54, 1.807) is 0 Å². The monoisotopic (exact) mass is 221 g/mol. The Hall–Kier alpha value is -1.22. The molecule has 0 radical (unpaired) electrons. The molecule has 0 amide bonds. The smallest absolute Gasteiger partial charge is 0.127 e. The maximum absolute atomic E-state index is 5.87. The summed E-state index contributed by atoms with van der Waals surface area (Å²) in [7, 11) is 0. The van der Waals surface area contributed by atoms with Crippen molar-refractivity contribution in [2.24, 2.45) is 5.73 Å². The fourth-order valence-electron chi connectivity index (χ4n) is 1.85. The van der Waals surface area contributed by atoms with Gasteiger partial charge in [0.25, 0.3) is 0 Å². The first kappa shape index (κ1) is 11.3. The van der Waals surface area contributed by atoms with E-state index in [1.807, 2.05) is 18.2 Å². The standard InChI is InChI=1S/C13H19NO2/c1-2-3-4-7-15-10-5-6-11-12(14)9-16-13(11)8-10/h5-6,8,12H,2-4,7,9,14H2,1H3. The number of benzene rings is 1. The average molecular weight is 221 g/mol. The van der Waals surface area contributed by atoms with Crippen LogP contribution in [-0.4, -0.2) is 13.2 Å². The van der Waals surface area contributed by atoms with Crippen molar-refractivity contribution in [3.63, 3.8) is 0 Å². The minimum atomic E-state index is 0.0177. The summed E-state index contributed by atoms with van der Waals surface area (Å²) in [6, 6.07) is 5.93. The average Bonchev–Trinajstić information content (AvgIpc) is 2.66. The van der Waals surface area contributed by atoms with Gasteiger partial charge in [0.05, 0.1) is 12.6 Å². The van der Waals surface area contributed by atoms with E-state index in [1.165, 1.54) is 12.8 Å². The van der Waals surface area contributed by atoms with Crippen molar-refractivity contribution in [1.82, 2.24) is 0 Å². The second-order valence-corrected chi connectivity index (χ2v) is 4.17. The molecule has 1 unspecified atom stereocenters. The highest BCUT2D eigenvalue weighted by atomic mass is 16.5. The van der Waals surface area contributed by atoms with E-state index in [0.29, 0.717) is 6.61 Å². The third-order valence-electron chi connectivity index (χ3n) is 2.82. The minimum absolute atomic E-state index is 0.0177. The van der Waals surface area contributed by atoms with E-state index in [0.717, 1.165) is 30.1 Å². The zero-order valence-electron chi connectivity index (χ0n) is 9.74. The van der Waals surface area contributed by atoms with Gasteiger partial charge in [0.1, 0.15) is 18.1 Å². The Labute approximate surface area is 96.5 Å². The number of unbranched alkanes of at least 4 members (excludes halogenated alkanes) is 2. The van der Waals surface area contributed by atoms with Gasteiger partial charge in [-0.3, -0.25) is 0 Å². The molecule has 0 fully saturated rings. The quantitative estimate of drug-likeness (QED) is 0.777. The Bertz CT molecular complexity index is 352. The molecule has 1 aromatic carbocycles. The lowest BCUT2D eigenvalue weighted by Crippen LogP contribution is -2.10. The molecule has 0 aliphatic carbocycles. The van der Waals surface area contributed by atoms with E-state index in [-0.39, 0.29) is 6.04 Å². The zero-order chi connectivity index (χ0) is 11.4. The second-order valence-electron chi connectivity index (χ2n) is 4.17. The van der Waals surface area contributed by atoms with Gasteiger partial charge in [-0.05, 0) is 18.6 Å². The van der Waals surface area contributed by atoms with Gasteiger partial charge in [-0.1, -0.05) is 19.8 Å². The van der Waals surface area contributed by atoms with Crippen LogP contribution in [0.2, 0.25) is 0 Å². The molecule has 0 spiro atoms. The van der Waals surface area contributed by atoms with Crippen LogP contribution >= 0.6 is 0 Å². The van der Waals surface area contributed by atoms with Crippen molar-refractivity contribution >= 4 is 0 Å². The molecular formula is C13H19NO2. The third-order valence-corrected chi connectivity index (χ3v) is 2.82. The van der Waals surface area contributed by atoms with Crippen LogP contribution in [0.4, 0.5) is 0 Å². The first-order valence-corrected chi connectivity index (χ1v) is 5.96. The largest absolute Gasteiger partial charge is 0.493 e. The van der Waals surface area contributed by atoms with Crippen LogP contribution in [0.5, 0.6) is 11.5 Å². The second kappa shape index (κ2) is 5.21. The summed E-state index contributed by atoms with van der Waals surface area (Å²) in [5.41, 5.74) is 6.95. The Kier molecular flexibility index (Phi) is 3.67. The molecule has 1 heterocycles. The van der Waals surface area contributed by atoms with Crippen LogP contribution in [-0.2, 0) is 0 Å². The fraction of sp³-hybridized carbons (Fsp3) is 0.538. The normalized spacial score (nSPS) is 18.0. The molecule has 1 aromatic rings. The Morgan fingerprint density at radius 2 is 2.31 bits per heavy atom. The van der Waals surface area contributed by atoms with Gasteiger partial charge in [0.15, 0.2) is 0 Å². The van der Waals surface area contributed by atoms with E-state index < -0.39 is 0 Å². The molecule has 3 heteroatoms. The highest BCUT2D eigenvalue weighted by Gasteiger charge is 2.20. The number of rotatable bonds is 5. The lowest BCUT2D eigenvalue weighted by atomic mass is 10.1. The van der Waals surface area contributed by atoms with Crippen LogP contribution in [0.1, 0.15) is 37.8 Å². The predicted molar refractivity (Wildman–Crippen MR) is 63.9 cm³/mol. The van der Waals surface area contributed by atoms with Crippen LogP contribution in [0.3, 0.4) is 0 Å². The maximum atomic E-state index is 5.87. The fourth-order valence-corrected chi connectivity index (χ4v) is 1.85. The van der Waals surface area contributed by atoms with Crippen molar-refractivity contribution in [1.29, 1.82) is 0 Å². The van der Waals surface area contributed by atoms with Crippen molar-refractivity contribution in [2.75, 3.05) is 13.2 Å². The van der Waals surface area contributed by atoms with Gasteiger partial charge in [0.2, 0.25) is 0 Å². The number of fused-ring (bicyclic) bond motifs is 1. The van der Waals surface area contributed by atoms with Gasteiger partial charge in [-0.15, -0.1) is 0 Å². The Balaban J connectivity index is 1.92. The van der Waals surface area contributed by atoms with E-state index >= 15 is 0 Å². The molecule has 1 aliphatic heterocycles. The molecule has 0 saturated heterocycles. The van der Waals surface area contributed by atoms with Gasteiger partial charge in [-0.25, -0.2) is 0 Å². The van der Waals surface area contributed by atoms with Crippen LogP contribution < -0.4 is 15.2 Å². The minimum Gasteiger partial charge on any atom is -0.493 e. The van der Waals surface area contributed by atoms with Gasteiger partial charge >= 0.3 is 0 Å². The summed E-state index contributed by atoms with van der Waals surface area (Å²) >= 11 is 0. The maximum Gasteiger partial charge on any atom is 0.127 e. The SMILES string of the molecule is CCCCCOc1ccc2c(c1)OCC2N. The summed E-state index contributed by atoms with van der Waals surface area (Å²) in [4.78, 5) is 0. The topological polar surface area (TPSA) is 44.5 Å². The predicted octanol–water partition coefficient (Wildman–Crippen LogP) is 2.65. The zero-order valence-corrected chi connectivity index (χ0v) is 9.74. The molecule has 0 aromatic heterocycles. The summed E-state index contributed by atoms with van der Waals surface area (Å²) in [5, 5.41) is 0. The molecule has 2 rings (SSSR count). The van der Waals surface area contributed by atoms with E-state index in [9.17, 15) is 0 Å². The summed E-state index contributed by atoms with van der Waals surface area (Å²) in [5.74, 6) is 1.75. The van der Waals surface area contributed by atoms with Gasteiger partial charge in [-0.2, -0.15) is 0 Å². The van der Waals surface area contributed by atoms with E-state index in [4.69, 9.17) is 15.2 Å². The summed E-state index contributed by atoms with van der Waals surface area (Å²) in [6.07, 6.45) is 3.53. The van der Waals surface area contributed by atoms with Crippen molar-refractivity contribution < 1.29 is 9.47 Å². The van der Waals surface area contributed by atoms with Crippen molar-refractivity contribution in [3.05, 3.63) is 23.8 Å². The first-order chi connectivity index (χ1) is 7.81. The molecule has 88 valence electrons. The molecule has 3 nitrogen and oxygen atoms in total. The molecular weight excluding hydrogens is 202 g/mol. The molecule has 1 aliphatic rings. The van der Waals surface area contributed by atoms with Crippen LogP contribution in [0.15, 0.2) is 18.2 Å². The number of hydrogen-bond donors (Lipinski definition) is 1. The Morgan fingerprint density at radius 3 is 3.12 bits per heavy atom. The summed E-state index contributed by atoms with van der Waals surface area (Å²) in [6.45, 7) is 3.54. The van der Waals surface area contributed by atoms with Crippen molar-refractivity contribution in [2.45, 2.75) is 32.2 Å². The third kappa shape index (κ3) is 2.47. The highest BCUT2D eigenvalue weighted by Crippen LogP contribution is 2.33. The Morgan fingerprint density at radius 1 is 1.44 bits per heavy atom. The number of nitrogens with two attached hydrogens (primary N) is 1. The van der Waals surface area contributed by atoms with Crippen LogP contribution in [0.25, 0.3) is 0 Å². The van der Waals surface area contributed by atoms with Crippen LogP contribution in [0, 0.1) is 0 Å². The number of hydrogen-bond acceptors (Lipinski definition) is 3. The molecule has 1 atom stereocenters.